The number of nitrogens with zero attached hydrogens (tertiary/aromatic N) is 3. The van der Waals surface area contributed by atoms with Gasteiger partial charge >= 0.3 is 5.97 Å². The van der Waals surface area contributed by atoms with Crippen molar-refractivity contribution in [2.24, 2.45) is 13.0 Å². The fourth-order valence-electron chi connectivity index (χ4n) is 6.41. The number of aromatic nitrogens is 2. The summed E-state index contributed by atoms with van der Waals surface area (Å²) < 4.78 is 22.8. The first-order valence-corrected chi connectivity index (χ1v) is 14.7. The zero-order chi connectivity index (χ0) is 29.7. The van der Waals surface area contributed by atoms with Crippen LogP contribution in [0.3, 0.4) is 0 Å². The molecule has 4 atom stereocenters. The number of methoxy groups -OCH3 is 1. The molecule has 1 saturated heterocycles. The number of hydrogen-bond donors (Lipinski definition) is 1. The van der Waals surface area contributed by atoms with Crippen molar-refractivity contribution in [1.29, 1.82) is 0 Å². The van der Waals surface area contributed by atoms with Crippen molar-refractivity contribution in [3.8, 4) is 0 Å². The van der Waals surface area contributed by atoms with Crippen LogP contribution in [-0.2, 0) is 16.6 Å². The van der Waals surface area contributed by atoms with Crippen molar-refractivity contribution < 1.29 is 18.7 Å². The van der Waals surface area contributed by atoms with Crippen LogP contribution in [0.1, 0.15) is 53.3 Å². The first-order valence-electron chi connectivity index (χ1n) is 14.0. The number of anilines is 1. The lowest BCUT2D eigenvalue weighted by molar-refractivity contribution is -0.121. The van der Waals surface area contributed by atoms with Gasteiger partial charge in [0, 0.05) is 42.2 Å². The van der Waals surface area contributed by atoms with Crippen LogP contribution in [0.2, 0.25) is 10.0 Å². The second-order valence-electron chi connectivity index (χ2n) is 11.2. The summed E-state index contributed by atoms with van der Waals surface area (Å²) in [7, 11) is 3.23. The fourth-order valence-corrected chi connectivity index (χ4v) is 6.78. The van der Waals surface area contributed by atoms with Gasteiger partial charge in [0.15, 0.2) is 0 Å². The van der Waals surface area contributed by atoms with Crippen molar-refractivity contribution in [3.05, 3.63) is 93.5 Å². The molecule has 2 heterocycles. The van der Waals surface area contributed by atoms with Crippen LogP contribution in [0.5, 0.6) is 0 Å². The van der Waals surface area contributed by atoms with E-state index in [2.05, 4.69) is 17.1 Å². The van der Waals surface area contributed by atoms with Gasteiger partial charge in [-0.3, -0.25) is 9.69 Å². The third-order valence-electron chi connectivity index (χ3n) is 8.63. The number of carbonyl (C=O) groups is 2. The number of fused-ring (bicyclic) bond motifs is 1. The van der Waals surface area contributed by atoms with Crippen LogP contribution in [0.25, 0.3) is 11.0 Å². The Morgan fingerprint density at radius 3 is 2.55 bits per heavy atom. The highest BCUT2D eigenvalue weighted by molar-refractivity contribution is 6.31. The summed E-state index contributed by atoms with van der Waals surface area (Å²) in [5.41, 5.74) is 2.78. The van der Waals surface area contributed by atoms with Crippen LogP contribution in [0, 0.1) is 11.7 Å². The molecule has 42 heavy (non-hydrogen) atoms. The number of imidazole rings is 1. The number of rotatable bonds is 7. The van der Waals surface area contributed by atoms with E-state index in [1.807, 2.05) is 11.6 Å². The van der Waals surface area contributed by atoms with Gasteiger partial charge in [-0.2, -0.15) is 0 Å². The van der Waals surface area contributed by atoms with Gasteiger partial charge in [0.2, 0.25) is 5.91 Å². The van der Waals surface area contributed by atoms with E-state index in [4.69, 9.17) is 32.9 Å². The van der Waals surface area contributed by atoms with E-state index in [0.29, 0.717) is 45.6 Å². The molecule has 1 saturated carbocycles. The molecular weight excluding hydrogens is 578 g/mol. The summed E-state index contributed by atoms with van der Waals surface area (Å²) in [6, 6.07) is 16.3. The van der Waals surface area contributed by atoms with Gasteiger partial charge in [0.1, 0.15) is 11.6 Å². The monoisotopic (exact) mass is 608 g/mol. The minimum atomic E-state index is -0.706. The Hall–Kier alpha value is -3.46. The zero-order valence-electron chi connectivity index (χ0n) is 23.5. The fraction of sp³-hybridized carbons (Fsp3) is 0.344. The first-order chi connectivity index (χ1) is 20.2. The molecule has 6 rings (SSSR count). The van der Waals surface area contributed by atoms with Gasteiger partial charge in [-0.1, -0.05) is 41.4 Å². The lowest BCUT2D eigenvalue weighted by atomic mass is 9.80. The van der Waals surface area contributed by atoms with Gasteiger partial charge < -0.3 is 14.6 Å². The van der Waals surface area contributed by atoms with Crippen molar-refractivity contribution in [1.82, 2.24) is 14.5 Å². The van der Waals surface area contributed by atoms with Gasteiger partial charge in [0.25, 0.3) is 0 Å². The van der Waals surface area contributed by atoms with Crippen LogP contribution in [0.4, 0.5) is 10.1 Å². The molecule has 0 radical (unpaired) electrons. The van der Waals surface area contributed by atoms with Crippen LogP contribution in [-0.4, -0.2) is 52.1 Å². The maximum Gasteiger partial charge on any atom is 0.337 e. The Bertz CT molecular complexity index is 1690. The minimum absolute atomic E-state index is 0.00117. The Morgan fingerprint density at radius 1 is 1.07 bits per heavy atom. The van der Waals surface area contributed by atoms with Crippen molar-refractivity contribution in [3.63, 3.8) is 0 Å². The Morgan fingerprint density at radius 2 is 1.83 bits per heavy atom. The predicted octanol–water partition coefficient (Wildman–Crippen LogP) is 6.79. The average molecular weight is 610 g/mol. The minimum Gasteiger partial charge on any atom is -0.465 e. The molecule has 2 fully saturated rings. The number of esters is 1. The standard InChI is InChI=1S/C32H31Cl2FN4O3/c1-17-26(30-37-24-13-12-19(32(41)42-3)14-25(24)38(30)2)27(22-8-5-9-23(34)28(22)35)29(39(17)16-18-10-11-18)31(40)36-21-7-4-6-20(33)15-21/h4-9,12-15,17-18,26-27,29H,10-11,16H2,1-3H3,(H,36,40)/t17-,26+,27?,29?/m0/s1. The van der Waals surface area contributed by atoms with Gasteiger partial charge in [-0.05, 0) is 73.7 Å². The molecule has 10 heteroatoms. The molecule has 1 aliphatic carbocycles. The molecule has 1 amide bonds. The summed E-state index contributed by atoms with van der Waals surface area (Å²) in [5, 5.41) is 3.55. The smallest absolute Gasteiger partial charge is 0.337 e. The highest BCUT2D eigenvalue weighted by Gasteiger charge is 2.54. The van der Waals surface area contributed by atoms with Crippen molar-refractivity contribution >= 4 is 51.8 Å². The summed E-state index contributed by atoms with van der Waals surface area (Å²) in [6.45, 7) is 2.79. The van der Waals surface area contributed by atoms with E-state index < -0.39 is 23.7 Å². The molecule has 0 bridgehead atoms. The molecule has 2 aliphatic rings. The Balaban J connectivity index is 1.51. The number of aryl methyl sites for hydroxylation is 1. The first kappa shape index (κ1) is 28.6. The van der Waals surface area contributed by atoms with E-state index in [9.17, 15) is 9.59 Å². The van der Waals surface area contributed by atoms with E-state index in [0.717, 1.165) is 18.4 Å². The normalized spacial score (nSPS) is 22.4. The lowest BCUT2D eigenvalue weighted by Gasteiger charge is -2.29. The van der Waals surface area contributed by atoms with E-state index in [-0.39, 0.29) is 22.9 Å². The third kappa shape index (κ3) is 5.16. The van der Waals surface area contributed by atoms with Crippen LogP contribution in [0.15, 0.2) is 60.7 Å². The highest BCUT2D eigenvalue weighted by atomic mass is 35.5. The third-order valence-corrected chi connectivity index (χ3v) is 9.16. The second-order valence-corrected chi connectivity index (χ2v) is 12.1. The molecule has 3 aromatic carbocycles. The topological polar surface area (TPSA) is 76.5 Å². The summed E-state index contributed by atoms with van der Waals surface area (Å²) in [5.74, 6) is -1.03. The molecule has 2 unspecified atom stereocenters. The van der Waals surface area contributed by atoms with Crippen molar-refractivity contribution in [2.75, 3.05) is 19.0 Å². The Labute approximate surface area is 253 Å². The highest BCUT2D eigenvalue weighted by Crippen LogP contribution is 2.51. The number of likely N-dealkylation sites (tertiary alicyclic amines) is 1. The number of ether oxygens (including phenoxy) is 1. The van der Waals surface area contributed by atoms with E-state index in [1.54, 1.807) is 54.6 Å². The number of hydrogen-bond acceptors (Lipinski definition) is 5. The predicted molar refractivity (Wildman–Crippen MR) is 162 cm³/mol. The maximum absolute atomic E-state index is 15.9. The molecule has 218 valence electrons. The zero-order valence-corrected chi connectivity index (χ0v) is 25.0. The summed E-state index contributed by atoms with van der Waals surface area (Å²) in [6.07, 6.45) is 2.19. The number of carbonyl (C=O) groups excluding carboxylic acids is 2. The van der Waals surface area contributed by atoms with E-state index >= 15 is 4.39 Å². The van der Waals surface area contributed by atoms with Gasteiger partial charge in [-0.15, -0.1) is 0 Å². The molecule has 7 nitrogen and oxygen atoms in total. The second kappa shape index (κ2) is 11.3. The number of nitrogens with one attached hydrogen (secondary N) is 1. The maximum atomic E-state index is 15.9. The quantitative estimate of drug-likeness (QED) is 0.234. The SMILES string of the molecule is COC(=O)c1ccc2nc([C@H]3C(c4cccc(Cl)c4F)C(C(=O)Nc4cccc(Cl)c4)N(CC4CC4)[C@H]3C)n(C)c2c1. The molecule has 0 spiro atoms. The number of halogens is 3. The summed E-state index contributed by atoms with van der Waals surface area (Å²) >= 11 is 12.5. The largest absolute Gasteiger partial charge is 0.465 e. The molecule has 4 aromatic rings. The molecule has 1 aliphatic heterocycles. The molecule has 1 N–H and O–H groups in total. The average Bonchev–Trinajstić information content (AvgIpc) is 3.68. The van der Waals surface area contributed by atoms with E-state index in [1.165, 1.54) is 13.2 Å². The lowest BCUT2D eigenvalue weighted by Crippen LogP contribution is -2.45. The van der Waals surface area contributed by atoms with Gasteiger partial charge in [-0.25, -0.2) is 14.2 Å². The van der Waals surface area contributed by atoms with Crippen LogP contribution >= 0.6 is 23.2 Å². The molecule has 1 aromatic heterocycles. The van der Waals surface area contributed by atoms with Crippen LogP contribution < -0.4 is 5.32 Å². The number of amides is 1. The van der Waals surface area contributed by atoms with Gasteiger partial charge in [0.05, 0.1) is 34.8 Å². The summed E-state index contributed by atoms with van der Waals surface area (Å²) in [4.78, 5) is 33.7. The van der Waals surface area contributed by atoms with Crippen molar-refractivity contribution in [2.45, 2.75) is 43.7 Å². The Kier molecular flexibility index (Phi) is 7.72. The number of benzene rings is 3. The molecular formula is C32H31Cl2FN4O3.